The van der Waals surface area contributed by atoms with E-state index in [4.69, 9.17) is 0 Å². The Kier molecular flexibility index (Phi) is 5.70. The molecule has 1 saturated heterocycles. The van der Waals surface area contributed by atoms with Crippen molar-refractivity contribution in [2.45, 2.75) is 19.0 Å². The Bertz CT molecular complexity index is 239. The molecule has 0 bridgehead atoms. The minimum absolute atomic E-state index is 0.0587. The third kappa shape index (κ3) is 7.17. The Morgan fingerprint density at radius 1 is 1.29 bits per heavy atom. The molecule has 4 nitrogen and oxygen atoms in total. The minimum atomic E-state index is -4.14. The molecule has 1 heterocycles. The van der Waals surface area contributed by atoms with Crippen molar-refractivity contribution < 1.29 is 18.0 Å². The number of nitrogens with one attached hydrogen (secondary N) is 2. The lowest BCUT2D eigenvalue weighted by Crippen LogP contribution is -2.47. The predicted octanol–water partition coefficient (Wildman–Crippen LogP) is 0.350. The minimum Gasteiger partial charge on any atom is -0.355 e. The molecule has 0 aliphatic carbocycles. The van der Waals surface area contributed by atoms with E-state index in [0.717, 1.165) is 26.2 Å². The number of nitrogens with zero attached hydrogens (tertiary/aromatic N) is 1. The Morgan fingerprint density at radius 2 is 1.94 bits per heavy atom. The maximum atomic E-state index is 11.8. The second-order valence-corrected chi connectivity index (χ2v) is 4.09. The molecule has 7 heteroatoms. The van der Waals surface area contributed by atoms with E-state index in [9.17, 15) is 18.0 Å². The van der Waals surface area contributed by atoms with Crippen LogP contribution in [-0.2, 0) is 4.79 Å². The molecule has 0 aromatic heterocycles. The predicted molar refractivity (Wildman–Crippen MR) is 57.6 cm³/mol. The lowest BCUT2D eigenvalue weighted by Gasteiger charge is -2.26. The molecule has 0 atom stereocenters. The maximum Gasteiger partial charge on any atom is 0.389 e. The molecular formula is C10H18F3N3O. The molecule has 1 fully saturated rings. The summed E-state index contributed by atoms with van der Waals surface area (Å²) in [5, 5.41) is 5.66. The quantitative estimate of drug-likeness (QED) is 0.695. The van der Waals surface area contributed by atoms with Gasteiger partial charge in [-0.25, -0.2) is 0 Å². The van der Waals surface area contributed by atoms with E-state index in [-0.39, 0.29) is 25.4 Å². The van der Waals surface area contributed by atoms with Gasteiger partial charge in [0.15, 0.2) is 0 Å². The van der Waals surface area contributed by atoms with Crippen molar-refractivity contribution in [3.63, 3.8) is 0 Å². The SMILES string of the molecule is O=C(CN1CCNCC1)NCCCC(F)(F)F. The monoisotopic (exact) mass is 253 g/mol. The van der Waals surface area contributed by atoms with Gasteiger partial charge in [0.25, 0.3) is 0 Å². The number of rotatable bonds is 5. The van der Waals surface area contributed by atoms with Crippen molar-refractivity contribution in [2.75, 3.05) is 39.3 Å². The summed E-state index contributed by atoms with van der Waals surface area (Å²) >= 11 is 0. The first-order valence-electron chi connectivity index (χ1n) is 5.74. The topological polar surface area (TPSA) is 44.4 Å². The van der Waals surface area contributed by atoms with E-state index in [1.54, 1.807) is 0 Å². The molecule has 1 aliphatic rings. The van der Waals surface area contributed by atoms with Crippen LogP contribution in [-0.4, -0.2) is 56.3 Å². The van der Waals surface area contributed by atoms with Gasteiger partial charge in [-0.15, -0.1) is 0 Å². The summed E-state index contributed by atoms with van der Waals surface area (Å²) in [5.41, 5.74) is 0. The van der Waals surface area contributed by atoms with Crippen molar-refractivity contribution in [2.24, 2.45) is 0 Å². The van der Waals surface area contributed by atoms with Crippen molar-refractivity contribution in [3.05, 3.63) is 0 Å². The number of halogens is 3. The summed E-state index contributed by atoms with van der Waals surface area (Å²) in [7, 11) is 0. The molecular weight excluding hydrogens is 235 g/mol. The van der Waals surface area contributed by atoms with Gasteiger partial charge in [-0.3, -0.25) is 9.69 Å². The highest BCUT2D eigenvalue weighted by Crippen LogP contribution is 2.20. The third-order valence-electron chi connectivity index (χ3n) is 2.54. The highest BCUT2D eigenvalue weighted by molar-refractivity contribution is 5.77. The first-order valence-corrected chi connectivity index (χ1v) is 5.74. The smallest absolute Gasteiger partial charge is 0.355 e. The molecule has 0 unspecified atom stereocenters. The van der Waals surface area contributed by atoms with Crippen LogP contribution in [0.4, 0.5) is 13.2 Å². The number of alkyl halides is 3. The summed E-state index contributed by atoms with van der Waals surface area (Å²) in [6.45, 7) is 3.66. The van der Waals surface area contributed by atoms with Gasteiger partial charge in [-0.2, -0.15) is 13.2 Å². The molecule has 0 saturated carbocycles. The zero-order chi connectivity index (χ0) is 12.7. The zero-order valence-corrected chi connectivity index (χ0v) is 9.65. The number of hydrogen-bond acceptors (Lipinski definition) is 3. The van der Waals surface area contributed by atoms with Crippen molar-refractivity contribution in [1.29, 1.82) is 0 Å². The van der Waals surface area contributed by atoms with Crippen LogP contribution in [0.3, 0.4) is 0 Å². The lowest BCUT2D eigenvalue weighted by atomic mass is 10.3. The van der Waals surface area contributed by atoms with E-state index < -0.39 is 12.6 Å². The molecule has 100 valence electrons. The number of amides is 1. The van der Waals surface area contributed by atoms with Crippen LogP contribution in [0.15, 0.2) is 0 Å². The Morgan fingerprint density at radius 3 is 2.53 bits per heavy atom. The van der Waals surface area contributed by atoms with Crippen LogP contribution in [0.2, 0.25) is 0 Å². The second kappa shape index (κ2) is 6.80. The summed E-state index contributed by atoms with van der Waals surface area (Å²) in [6, 6.07) is 0. The Balaban J connectivity index is 2.04. The summed E-state index contributed by atoms with van der Waals surface area (Å²) in [4.78, 5) is 13.4. The summed E-state index contributed by atoms with van der Waals surface area (Å²) in [5.74, 6) is -0.200. The summed E-state index contributed by atoms with van der Waals surface area (Å²) in [6.07, 6.45) is -5.04. The normalized spacial score (nSPS) is 18.1. The van der Waals surface area contributed by atoms with Gasteiger partial charge in [0.05, 0.1) is 6.54 Å². The van der Waals surface area contributed by atoms with E-state index in [0.29, 0.717) is 0 Å². The fraction of sp³-hybridized carbons (Fsp3) is 0.900. The van der Waals surface area contributed by atoms with Crippen LogP contribution in [0.5, 0.6) is 0 Å². The zero-order valence-electron chi connectivity index (χ0n) is 9.65. The highest BCUT2D eigenvalue weighted by atomic mass is 19.4. The van der Waals surface area contributed by atoms with Gasteiger partial charge >= 0.3 is 6.18 Å². The molecule has 1 rings (SSSR count). The second-order valence-electron chi connectivity index (χ2n) is 4.09. The molecule has 2 N–H and O–H groups in total. The lowest BCUT2D eigenvalue weighted by molar-refractivity contribution is -0.136. The maximum absolute atomic E-state index is 11.8. The van der Waals surface area contributed by atoms with Crippen LogP contribution in [0, 0.1) is 0 Å². The van der Waals surface area contributed by atoms with E-state index in [1.807, 2.05) is 4.90 Å². The van der Waals surface area contributed by atoms with E-state index >= 15 is 0 Å². The van der Waals surface area contributed by atoms with E-state index in [1.165, 1.54) is 0 Å². The van der Waals surface area contributed by atoms with E-state index in [2.05, 4.69) is 10.6 Å². The highest BCUT2D eigenvalue weighted by Gasteiger charge is 2.26. The molecule has 1 amide bonds. The average Bonchev–Trinajstić information content (AvgIpc) is 2.25. The molecule has 0 aromatic rings. The van der Waals surface area contributed by atoms with Gasteiger partial charge in [-0.05, 0) is 6.42 Å². The average molecular weight is 253 g/mol. The van der Waals surface area contributed by atoms with Crippen LogP contribution in [0.25, 0.3) is 0 Å². The first-order chi connectivity index (χ1) is 7.97. The van der Waals surface area contributed by atoms with Gasteiger partial charge < -0.3 is 10.6 Å². The molecule has 0 aromatic carbocycles. The van der Waals surface area contributed by atoms with Gasteiger partial charge in [-0.1, -0.05) is 0 Å². The Labute approximate surface area is 98.5 Å². The fourth-order valence-electron chi connectivity index (χ4n) is 1.64. The molecule has 1 aliphatic heterocycles. The fourth-order valence-corrected chi connectivity index (χ4v) is 1.64. The molecule has 0 spiro atoms. The number of hydrogen-bond donors (Lipinski definition) is 2. The molecule has 0 radical (unpaired) electrons. The summed E-state index contributed by atoms with van der Waals surface area (Å²) < 4.78 is 35.5. The molecule has 17 heavy (non-hydrogen) atoms. The number of carbonyl (C=O) groups is 1. The third-order valence-corrected chi connectivity index (χ3v) is 2.54. The van der Waals surface area contributed by atoms with Crippen molar-refractivity contribution in [1.82, 2.24) is 15.5 Å². The van der Waals surface area contributed by atoms with Crippen LogP contribution in [0.1, 0.15) is 12.8 Å². The van der Waals surface area contributed by atoms with Gasteiger partial charge in [0, 0.05) is 39.1 Å². The number of carbonyl (C=O) groups excluding carboxylic acids is 1. The van der Waals surface area contributed by atoms with Gasteiger partial charge in [0.2, 0.25) is 5.91 Å². The van der Waals surface area contributed by atoms with Crippen LogP contribution < -0.4 is 10.6 Å². The standard InChI is InChI=1S/C10H18F3N3O/c11-10(12,13)2-1-3-15-9(17)8-16-6-4-14-5-7-16/h14H,1-8H2,(H,15,17). The number of piperazine rings is 1. The largest absolute Gasteiger partial charge is 0.389 e. The van der Waals surface area contributed by atoms with Crippen LogP contribution >= 0.6 is 0 Å². The van der Waals surface area contributed by atoms with Crippen molar-refractivity contribution >= 4 is 5.91 Å². The first kappa shape index (κ1) is 14.2. The Hall–Kier alpha value is -0.820. The van der Waals surface area contributed by atoms with Gasteiger partial charge in [0.1, 0.15) is 0 Å². The van der Waals surface area contributed by atoms with Crippen molar-refractivity contribution in [3.8, 4) is 0 Å².